The summed E-state index contributed by atoms with van der Waals surface area (Å²) in [6, 6.07) is 0. The van der Waals surface area contributed by atoms with Gasteiger partial charge in [0.2, 0.25) is 0 Å². The Labute approximate surface area is 69.1 Å². The molecule has 1 heteroatoms. The minimum atomic E-state index is 0.179. The Kier molecular flexibility index (Phi) is 1.15. The Bertz CT molecular complexity index is 197. The van der Waals surface area contributed by atoms with Gasteiger partial charge < -0.3 is 4.74 Å². The van der Waals surface area contributed by atoms with Gasteiger partial charge in [-0.1, -0.05) is 13.8 Å². The largest absolute Gasteiger partial charge is 0.363 e. The van der Waals surface area contributed by atoms with Gasteiger partial charge in [0.1, 0.15) is 0 Å². The fourth-order valence-electron chi connectivity index (χ4n) is 2.67. The predicted molar refractivity (Wildman–Crippen MR) is 45.5 cm³/mol. The van der Waals surface area contributed by atoms with Crippen LogP contribution in [0.3, 0.4) is 0 Å². The number of fused-ring (bicyclic) bond motifs is 1. The van der Waals surface area contributed by atoms with Crippen molar-refractivity contribution in [2.24, 2.45) is 5.41 Å². The molecule has 64 valence electrons. The molecule has 2 rings (SSSR count). The highest BCUT2D eigenvalue weighted by molar-refractivity contribution is 5.19. The molecular formula is C10H18O. The summed E-state index contributed by atoms with van der Waals surface area (Å²) in [5, 5.41) is 0. The highest BCUT2D eigenvalue weighted by atomic mass is 16.6. The topological polar surface area (TPSA) is 12.5 Å². The quantitative estimate of drug-likeness (QED) is 0.489. The fraction of sp³-hybridized carbons (Fsp3) is 1.00. The van der Waals surface area contributed by atoms with Gasteiger partial charge in [-0.3, -0.25) is 0 Å². The third-order valence-electron chi connectivity index (χ3n) is 4.14. The maximum atomic E-state index is 5.87. The number of rotatable bonds is 0. The zero-order chi connectivity index (χ0) is 8.33. The Hall–Kier alpha value is -0.0400. The lowest BCUT2D eigenvalue weighted by Crippen LogP contribution is -2.39. The monoisotopic (exact) mass is 154 g/mol. The second-order valence-corrected chi connectivity index (χ2v) is 5.10. The van der Waals surface area contributed by atoms with Gasteiger partial charge >= 0.3 is 0 Å². The van der Waals surface area contributed by atoms with E-state index in [1.807, 2.05) is 0 Å². The molecule has 11 heavy (non-hydrogen) atoms. The van der Waals surface area contributed by atoms with Crippen molar-refractivity contribution in [3.63, 3.8) is 0 Å². The van der Waals surface area contributed by atoms with Crippen LogP contribution in [0.2, 0.25) is 0 Å². The number of ether oxygens (including phenoxy) is 1. The third-order valence-corrected chi connectivity index (χ3v) is 4.14. The van der Waals surface area contributed by atoms with Gasteiger partial charge in [-0.25, -0.2) is 0 Å². The van der Waals surface area contributed by atoms with Crippen LogP contribution in [0.5, 0.6) is 0 Å². The van der Waals surface area contributed by atoms with E-state index in [0.717, 1.165) is 0 Å². The van der Waals surface area contributed by atoms with E-state index in [2.05, 4.69) is 27.7 Å². The van der Waals surface area contributed by atoms with Crippen LogP contribution < -0.4 is 0 Å². The first-order chi connectivity index (χ1) is 4.91. The SMILES string of the molecule is CC1(C)CCC[C@@]2(C)O[C@@]12C. The fourth-order valence-corrected chi connectivity index (χ4v) is 2.67. The average molecular weight is 154 g/mol. The highest BCUT2D eigenvalue weighted by Gasteiger charge is 2.71. The van der Waals surface area contributed by atoms with Crippen LogP contribution in [-0.2, 0) is 4.74 Å². The zero-order valence-corrected chi connectivity index (χ0v) is 8.03. The number of hydrogen-bond acceptors (Lipinski definition) is 1. The smallest absolute Gasteiger partial charge is 0.0999 e. The molecule has 2 aliphatic rings. The molecular weight excluding hydrogens is 136 g/mol. The van der Waals surface area contributed by atoms with Crippen molar-refractivity contribution in [1.29, 1.82) is 0 Å². The van der Waals surface area contributed by atoms with Crippen molar-refractivity contribution in [1.82, 2.24) is 0 Å². The predicted octanol–water partition coefficient (Wildman–Crippen LogP) is 2.74. The van der Waals surface area contributed by atoms with Crippen molar-refractivity contribution >= 4 is 0 Å². The van der Waals surface area contributed by atoms with Gasteiger partial charge in [-0.2, -0.15) is 0 Å². The minimum Gasteiger partial charge on any atom is -0.363 e. The summed E-state index contributed by atoms with van der Waals surface area (Å²) in [6.45, 7) is 9.19. The molecule has 0 aromatic carbocycles. The Morgan fingerprint density at radius 1 is 1.00 bits per heavy atom. The molecule has 1 nitrogen and oxygen atoms in total. The molecule has 0 spiro atoms. The molecule has 1 aliphatic carbocycles. The molecule has 0 aromatic heterocycles. The van der Waals surface area contributed by atoms with Crippen LogP contribution >= 0.6 is 0 Å². The first-order valence-corrected chi connectivity index (χ1v) is 4.62. The maximum absolute atomic E-state index is 5.87. The summed E-state index contributed by atoms with van der Waals surface area (Å²) >= 11 is 0. The molecule has 2 fully saturated rings. The standard InChI is InChI=1S/C10H18O/c1-8(2)6-5-7-9(3)10(8,4)11-9/h5-7H2,1-4H3/t9-,10+/m1/s1. The molecule has 1 aliphatic heterocycles. The van der Waals surface area contributed by atoms with E-state index in [4.69, 9.17) is 4.74 Å². The summed E-state index contributed by atoms with van der Waals surface area (Å²) in [5.41, 5.74) is 0.785. The molecule has 0 unspecified atom stereocenters. The summed E-state index contributed by atoms with van der Waals surface area (Å²) < 4.78 is 5.87. The summed E-state index contributed by atoms with van der Waals surface area (Å²) in [6.07, 6.45) is 3.91. The average Bonchev–Trinajstić information content (AvgIpc) is 2.36. The molecule has 0 N–H and O–H groups in total. The summed E-state index contributed by atoms with van der Waals surface area (Å²) in [5.74, 6) is 0. The van der Waals surface area contributed by atoms with Crippen LogP contribution in [0.1, 0.15) is 47.0 Å². The molecule has 2 atom stereocenters. The van der Waals surface area contributed by atoms with Crippen LogP contribution in [0.15, 0.2) is 0 Å². The molecule has 0 amide bonds. The van der Waals surface area contributed by atoms with E-state index < -0.39 is 0 Å². The van der Waals surface area contributed by atoms with Gasteiger partial charge in [-0.05, 0) is 38.5 Å². The van der Waals surface area contributed by atoms with E-state index in [1.54, 1.807) is 0 Å². The highest BCUT2D eigenvalue weighted by Crippen LogP contribution is 2.64. The van der Waals surface area contributed by atoms with Gasteiger partial charge in [0, 0.05) is 0 Å². The Balaban J connectivity index is 2.29. The van der Waals surface area contributed by atoms with E-state index in [-0.39, 0.29) is 11.2 Å². The Morgan fingerprint density at radius 3 is 2.09 bits per heavy atom. The minimum absolute atomic E-state index is 0.179. The number of epoxide rings is 1. The number of hydrogen-bond donors (Lipinski definition) is 0. The second-order valence-electron chi connectivity index (χ2n) is 5.10. The molecule has 1 saturated carbocycles. The normalized spacial score (nSPS) is 53.5. The van der Waals surface area contributed by atoms with E-state index in [0.29, 0.717) is 5.41 Å². The lowest BCUT2D eigenvalue weighted by atomic mass is 9.65. The van der Waals surface area contributed by atoms with Crippen molar-refractivity contribution in [2.75, 3.05) is 0 Å². The molecule has 1 saturated heterocycles. The van der Waals surface area contributed by atoms with Gasteiger partial charge in [0.05, 0.1) is 11.2 Å². The Morgan fingerprint density at radius 2 is 1.64 bits per heavy atom. The van der Waals surface area contributed by atoms with Crippen molar-refractivity contribution < 1.29 is 4.74 Å². The maximum Gasteiger partial charge on any atom is 0.0999 e. The first kappa shape index (κ1) is 7.60. The van der Waals surface area contributed by atoms with Crippen molar-refractivity contribution in [3.8, 4) is 0 Å². The van der Waals surface area contributed by atoms with Gasteiger partial charge in [-0.15, -0.1) is 0 Å². The second kappa shape index (κ2) is 1.66. The lowest BCUT2D eigenvalue weighted by molar-refractivity contribution is 0.140. The van der Waals surface area contributed by atoms with Crippen LogP contribution in [-0.4, -0.2) is 11.2 Å². The molecule has 0 radical (unpaired) electrons. The lowest BCUT2D eigenvalue weighted by Gasteiger charge is -2.35. The first-order valence-electron chi connectivity index (χ1n) is 4.62. The molecule has 0 bridgehead atoms. The zero-order valence-electron chi connectivity index (χ0n) is 8.03. The van der Waals surface area contributed by atoms with Crippen LogP contribution in [0.25, 0.3) is 0 Å². The van der Waals surface area contributed by atoms with Crippen LogP contribution in [0, 0.1) is 5.41 Å². The molecule has 0 aromatic rings. The summed E-state index contributed by atoms with van der Waals surface area (Å²) in [7, 11) is 0. The van der Waals surface area contributed by atoms with Gasteiger partial charge in [0.15, 0.2) is 0 Å². The van der Waals surface area contributed by atoms with Crippen molar-refractivity contribution in [3.05, 3.63) is 0 Å². The van der Waals surface area contributed by atoms with E-state index in [9.17, 15) is 0 Å². The third kappa shape index (κ3) is 0.703. The van der Waals surface area contributed by atoms with E-state index >= 15 is 0 Å². The van der Waals surface area contributed by atoms with Crippen molar-refractivity contribution in [2.45, 2.75) is 58.2 Å². The van der Waals surface area contributed by atoms with E-state index in [1.165, 1.54) is 19.3 Å². The summed E-state index contributed by atoms with van der Waals surface area (Å²) in [4.78, 5) is 0. The van der Waals surface area contributed by atoms with Gasteiger partial charge in [0.25, 0.3) is 0 Å². The van der Waals surface area contributed by atoms with Crippen LogP contribution in [0.4, 0.5) is 0 Å². The molecule has 1 heterocycles.